The minimum atomic E-state index is -0.320. The Hall–Kier alpha value is -2.21. The number of thioether (sulfide) groups is 1. The molecule has 0 bridgehead atoms. The fraction of sp³-hybridized carbons (Fsp3) is 0.200. The number of carbonyl (C=O) groups is 1. The number of benzene rings is 1. The molecule has 0 fully saturated rings. The molecule has 1 atom stereocenters. The van der Waals surface area contributed by atoms with E-state index in [-0.39, 0.29) is 22.7 Å². The second-order valence-corrected chi connectivity index (χ2v) is 5.71. The van der Waals surface area contributed by atoms with Crippen LogP contribution in [0.1, 0.15) is 6.92 Å². The molecule has 1 heterocycles. The van der Waals surface area contributed by atoms with Crippen molar-refractivity contribution >= 4 is 23.5 Å². The molecule has 1 aromatic carbocycles. The van der Waals surface area contributed by atoms with Gasteiger partial charge in [-0.3, -0.25) is 4.79 Å². The summed E-state index contributed by atoms with van der Waals surface area (Å²) in [6.45, 7) is 1.80. The summed E-state index contributed by atoms with van der Waals surface area (Å²) in [7, 11) is 1.61. The van der Waals surface area contributed by atoms with Crippen LogP contribution < -0.4 is 10.1 Å². The van der Waals surface area contributed by atoms with E-state index in [9.17, 15) is 9.90 Å². The van der Waals surface area contributed by atoms with Crippen LogP contribution in [0.2, 0.25) is 0 Å². The highest BCUT2D eigenvalue weighted by atomic mass is 32.2. The molecule has 110 valence electrons. The molecule has 0 saturated carbocycles. The zero-order chi connectivity index (χ0) is 15.2. The van der Waals surface area contributed by atoms with Crippen LogP contribution in [0, 0.1) is 0 Å². The molecule has 2 N–H and O–H groups in total. The first-order valence-corrected chi connectivity index (χ1v) is 7.23. The number of aromatic hydroxyl groups is 1. The van der Waals surface area contributed by atoms with E-state index in [2.05, 4.69) is 10.3 Å². The third kappa shape index (κ3) is 4.13. The van der Waals surface area contributed by atoms with Crippen molar-refractivity contribution in [1.82, 2.24) is 4.98 Å². The number of aromatic nitrogens is 1. The number of anilines is 1. The summed E-state index contributed by atoms with van der Waals surface area (Å²) in [6.07, 6.45) is 1.51. The summed E-state index contributed by atoms with van der Waals surface area (Å²) in [5, 5.41) is 11.9. The maximum Gasteiger partial charge on any atom is 0.238 e. The summed E-state index contributed by atoms with van der Waals surface area (Å²) >= 11 is 1.42. The molecule has 1 aromatic heterocycles. The van der Waals surface area contributed by atoms with E-state index < -0.39 is 0 Å². The molecule has 21 heavy (non-hydrogen) atoms. The maximum atomic E-state index is 12.1. The highest BCUT2D eigenvalue weighted by molar-refractivity contribution is 8.00. The first-order valence-electron chi connectivity index (χ1n) is 6.35. The number of ether oxygens (including phenoxy) is 1. The monoisotopic (exact) mass is 304 g/mol. The number of carbonyl (C=O) groups excluding carboxylic acids is 1. The van der Waals surface area contributed by atoms with Crippen LogP contribution >= 0.6 is 11.8 Å². The topological polar surface area (TPSA) is 71.5 Å². The minimum Gasteiger partial charge on any atom is -0.504 e. The van der Waals surface area contributed by atoms with Crippen LogP contribution in [-0.4, -0.2) is 28.4 Å². The standard InChI is InChI=1S/C15H16N2O3S/c1-10(21-12-7-5-11(20-2)6-8-12)15(19)17-14-13(18)4-3-9-16-14/h3-10,18H,1-2H3,(H,16,17,19)/t10-/m0/s1. The van der Waals surface area contributed by atoms with Crippen molar-refractivity contribution in [1.29, 1.82) is 0 Å². The molecule has 0 radical (unpaired) electrons. The van der Waals surface area contributed by atoms with Gasteiger partial charge in [-0.25, -0.2) is 4.98 Å². The molecule has 2 aromatic rings. The number of hydrogen-bond acceptors (Lipinski definition) is 5. The average Bonchev–Trinajstić information content (AvgIpc) is 2.50. The second kappa shape index (κ2) is 6.99. The molecule has 0 aliphatic carbocycles. The summed E-state index contributed by atoms with van der Waals surface area (Å²) in [6, 6.07) is 10.6. The summed E-state index contributed by atoms with van der Waals surface area (Å²) in [4.78, 5) is 17.0. The Labute approximate surface area is 127 Å². The summed E-state index contributed by atoms with van der Waals surface area (Å²) < 4.78 is 5.09. The predicted octanol–water partition coefficient (Wildman–Crippen LogP) is 2.92. The molecule has 1 amide bonds. The Morgan fingerprint density at radius 1 is 1.33 bits per heavy atom. The van der Waals surface area contributed by atoms with Gasteiger partial charge in [0.25, 0.3) is 0 Å². The molecule has 0 aliphatic heterocycles. The van der Waals surface area contributed by atoms with Crippen molar-refractivity contribution in [3.8, 4) is 11.5 Å². The van der Waals surface area contributed by atoms with Gasteiger partial charge in [0.05, 0.1) is 12.4 Å². The lowest BCUT2D eigenvalue weighted by Gasteiger charge is -2.12. The zero-order valence-corrected chi connectivity index (χ0v) is 12.6. The van der Waals surface area contributed by atoms with Crippen molar-refractivity contribution in [3.05, 3.63) is 42.6 Å². The van der Waals surface area contributed by atoms with Gasteiger partial charge in [0, 0.05) is 11.1 Å². The number of hydrogen-bond donors (Lipinski definition) is 2. The first kappa shape index (κ1) is 15.2. The Morgan fingerprint density at radius 2 is 2.05 bits per heavy atom. The smallest absolute Gasteiger partial charge is 0.238 e. The number of nitrogens with one attached hydrogen (secondary N) is 1. The van der Waals surface area contributed by atoms with E-state index >= 15 is 0 Å². The lowest BCUT2D eigenvalue weighted by molar-refractivity contribution is -0.115. The number of nitrogens with zero attached hydrogens (tertiary/aromatic N) is 1. The first-order chi connectivity index (χ1) is 10.1. The van der Waals surface area contributed by atoms with Crippen LogP contribution in [0.3, 0.4) is 0 Å². The van der Waals surface area contributed by atoms with Crippen molar-refractivity contribution in [2.75, 3.05) is 12.4 Å². The van der Waals surface area contributed by atoms with Gasteiger partial charge in [0.15, 0.2) is 11.6 Å². The molecule has 0 unspecified atom stereocenters. The molecule has 0 spiro atoms. The fourth-order valence-corrected chi connectivity index (χ4v) is 2.49. The molecular weight excluding hydrogens is 288 g/mol. The molecular formula is C15H16N2O3S. The van der Waals surface area contributed by atoms with Gasteiger partial charge in [-0.15, -0.1) is 11.8 Å². The number of pyridine rings is 1. The Morgan fingerprint density at radius 3 is 2.67 bits per heavy atom. The molecule has 0 saturated heterocycles. The van der Waals surface area contributed by atoms with Gasteiger partial charge < -0.3 is 15.2 Å². The third-order valence-corrected chi connectivity index (χ3v) is 3.88. The Bertz CT molecular complexity index is 617. The van der Waals surface area contributed by atoms with E-state index in [1.165, 1.54) is 24.0 Å². The predicted molar refractivity (Wildman–Crippen MR) is 82.8 cm³/mol. The maximum absolute atomic E-state index is 12.1. The number of rotatable bonds is 5. The normalized spacial score (nSPS) is 11.7. The molecule has 5 nitrogen and oxygen atoms in total. The van der Waals surface area contributed by atoms with Gasteiger partial charge in [-0.05, 0) is 43.3 Å². The van der Waals surface area contributed by atoms with Gasteiger partial charge in [0.1, 0.15) is 5.75 Å². The quantitative estimate of drug-likeness (QED) is 0.831. The summed E-state index contributed by atoms with van der Waals surface area (Å²) in [5.41, 5.74) is 0. The average molecular weight is 304 g/mol. The van der Waals surface area contributed by atoms with E-state index in [0.717, 1.165) is 10.6 Å². The third-order valence-electron chi connectivity index (χ3n) is 2.77. The van der Waals surface area contributed by atoms with Gasteiger partial charge in [0.2, 0.25) is 5.91 Å². The lowest BCUT2D eigenvalue weighted by Crippen LogP contribution is -2.22. The van der Waals surface area contributed by atoms with Crippen molar-refractivity contribution in [2.24, 2.45) is 0 Å². The van der Waals surface area contributed by atoms with E-state index in [4.69, 9.17) is 4.74 Å². The van der Waals surface area contributed by atoms with Crippen molar-refractivity contribution < 1.29 is 14.6 Å². The Kier molecular flexibility index (Phi) is 5.05. The van der Waals surface area contributed by atoms with E-state index in [1.54, 1.807) is 20.1 Å². The largest absolute Gasteiger partial charge is 0.504 e. The molecule has 6 heteroatoms. The van der Waals surface area contributed by atoms with E-state index in [1.807, 2.05) is 24.3 Å². The number of methoxy groups -OCH3 is 1. The SMILES string of the molecule is COc1ccc(S[C@@H](C)C(=O)Nc2ncccc2O)cc1. The Balaban J connectivity index is 1.97. The van der Waals surface area contributed by atoms with Crippen molar-refractivity contribution in [3.63, 3.8) is 0 Å². The fourth-order valence-electron chi connectivity index (χ4n) is 1.62. The lowest BCUT2D eigenvalue weighted by atomic mass is 10.3. The van der Waals surface area contributed by atoms with Crippen molar-refractivity contribution in [2.45, 2.75) is 17.1 Å². The molecule has 2 rings (SSSR count). The van der Waals surface area contributed by atoms with Crippen LogP contribution in [-0.2, 0) is 4.79 Å². The molecule has 0 aliphatic rings. The van der Waals surface area contributed by atoms with Crippen LogP contribution in [0.4, 0.5) is 5.82 Å². The van der Waals surface area contributed by atoms with Crippen LogP contribution in [0.25, 0.3) is 0 Å². The van der Waals surface area contributed by atoms with Crippen LogP contribution in [0.5, 0.6) is 11.5 Å². The highest BCUT2D eigenvalue weighted by Crippen LogP contribution is 2.27. The zero-order valence-electron chi connectivity index (χ0n) is 11.7. The minimum absolute atomic E-state index is 0.0486. The van der Waals surface area contributed by atoms with Gasteiger partial charge in [-0.1, -0.05) is 0 Å². The van der Waals surface area contributed by atoms with Gasteiger partial charge in [-0.2, -0.15) is 0 Å². The summed E-state index contributed by atoms with van der Waals surface area (Å²) in [5.74, 6) is 0.678. The second-order valence-electron chi connectivity index (χ2n) is 4.30. The van der Waals surface area contributed by atoms with Gasteiger partial charge >= 0.3 is 0 Å². The van der Waals surface area contributed by atoms with E-state index in [0.29, 0.717) is 0 Å². The van der Waals surface area contributed by atoms with Crippen LogP contribution in [0.15, 0.2) is 47.5 Å². The highest BCUT2D eigenvalue weighted by Gasteiger charge is 2.16. The number of amides is 1.